The number of carbonyl (C=O) groups is 1. The average Bonchev–Trinajstić information content (AvgIpc) is 2.79. The second-order valence-electron chi connectivity index (χ2n) is 4.36. The van der Waals surface area contributed by atoms with Gasteiger partial charge in [0.2, 0.25) is 17.1 Å². The molecule has 3 aromatic rings. The summed E-state index contributed by atoms with van der Waals surface area (Å²) >= 11 is 7.43. The lowest BCUT2D eigenvalue weighted by molar-refractivity contribution is 0.100. The zero-order valence-corrected chi connectivity index (χ0v) is 12.5. The molecule has 2 heterocycles. The molecule has 0 spiro atoms. The quantitative estimate of drug-likeness (QED) is 0.749. The van der Waals surface area contributed by atoms with Gasteiger partial charge in [-0.05, 0) is 48.9 Å². The molecular formula is C14H10ClN3O2S. The first-order chi connectivity index (χ1) is 10.0. The van der Waals surface area contributed by atoms with E-state index in [2.05, 4.69) is 9.97 Å². The van der Waals surface area contributed by atoms with Crippen LogP contribution in [0.1, 0.15) is 15.2 Å². The third-order valence-electron chi connectivity index (χ3n) is 2.81. The van der Waals surface area contributed by atoms with E-state index in [0.717, 1.165) is 15.1 Å². The van der Waals surface area contributed by atoms with Crippen molar-refractivity contribution >= 4 is 39.1 Å². The second-order valence-corrected chi connectivity index (χ2v) is 5.94. The molecule has 1 aromatic carbocycles. The summed E-state index contributed by atoms with van der Waals surface area (Å²) in [6, 6.07) is 8.44. The fraction of sp³-hybridized carbons (Fsp3) is 0.0714. The number of rotatable bonds is 3. The van der Waals surface area contributed by atoms with Crippen LogP contribution in [0, 0.1) is 6.92 Å². The van der Waals surface area contributed by atoms with Gasteiger partial charge in [-0.15, -0.1) is 11.3 Å². The van der Waals surface area contributed by atoms with Gasteiger partial charge in [0.05, 0.1) is 5.39 Å². The van der Waals surface area contributed by atoms with Crippen molar-refractivity contribution in [1.29, 1.82) is 0 Å². The molecular weight excluding hydrogens is 310 g/mol. The van der Waals surface area contributed by atoms with Crippen molar-refractivity contribution in [3.05, 3.63) is 46.1 Å². The van der Waals surface area contributed by atoms with Crippen molar-refractivity contribution in [1.82, 2.24) is 9.97 Å². The Morgan fingerprint density at radius 3 is 2.67 bits per heavy atom. The fourth-order valence-electron chi connectivity index (χ4n) is 1.87. The van der Waals surface area contributed by atoms with Crippen LogP contribution in [0.4, 0.5) is 0 Å². The molecule has 0 aliphatic rings. The van der Waals surface area contributed by atoms with Crippen LogP contribution in [-0.2, 0) is 0 Å². The van der Waals surface area contributed by atoms with E-state index < -0.39 is 5.91 Å². The summed E-state index contributed by atoms with van der Waals surface area (Å²) in [7, 11) is 0. The van der Waals surface area contributed by atoms with Gasteiger partial charge in [0.25, 0.3) is 0 Å². The Morgan fingerprint density at radius 2 is 2.00 bits per heavy atom. The Hall–Kier alpha value is -2.18. The van der Waals surface area contributed by atoms with Gasteiger partial charge < -0.3 is 10.5 Å². The highest BCUT2D eigenvalue weighted by molar-refractivity contribution is 7.18. The van der Waals surface area contributed by atoms with E-state index in [4.69, 9.17) is 22.1 Å². The highest BCUT2D eigenvalue weighted by Gasteiger charge is 2.12. The first-order valence-electron chi connectivity index (χ1n) is 6.04. The normalized spacial score (nSPS) is 10.8. The fourth-order valence-corrected chi connectivity index (χ4v) is 2.95. The number of nitrogens with two attached hydrogens (primary N) is 1. The standard InChI is InChI=1S/C14H10ClN3O2S/c1-7-6-10-12(17-14(15)18-13(10)21-7)20-9-4-2-8(3-5-9)11(16)19/h2-6H,1H3,(H2,16,19). The molecule has 0 bridgehead atoms. The summed E-state index contributed by atoms with van der Waals surface area (Å²) in [5, 5.41) is 0.939. The predicted octanol–water partition coefficient (Wildman–Crippen LogP) is 3.54. The monoisotopic (exact) mass is 319 g/mol. The minimum absolute atomic E-state index is 0.133. The number of carbonyl (C=O) groups excluding carboxylic acids is 1. The average molecular weight is 320 g/mol. The summed E-state index contributed by atoms with van der Waals surface area (Å²) in [5.74, 6) is 0.448. The zero-order chi connectivity index (χ0) is 15.0. The predicted molar refractivity (Wildman–Crippen MR) is 82.2 cm³/mol. The number of amides is 1. The molecule has 1 amide bonds. The molecule has 0 radical (unpaired) electrons. The molecule has 0 unspecified atom stereocenters. The Balaban J connectivity index is 1.99. The summed E-state index contributed by atoms with van der Waals surface area (Å²) in [6.45, 7) is 1.98. The minimum Gasteiger partial charge on any atom is -0.438 e. The number of nitrogens with zero attached hydrogens (tertiary/aromatic N) is 2. The maximum atomic E-state index is 11.0. The molecule has 21 heavy (non-hydrogen) atoms. The first-order valence-corrected chi connectivity index (χ1v) is 7.24. The number of benzene rings is 1. The summed E-state index contributed by atoms with van der Waals surface area (Å²) < 4.78 is 5.74. The number of hydrogen-bond donors (Lipinski definition) is 1. The largest absolute Gasteiger partial charge is 0.438 e. The van der Waals surface area contributed by atoms with E-state index in [-0.39, 0.29) is 5.28 Å². The van der Waals surface area contributed by atoms with E-state index in [1.807, 2.05) is 13.0 Å². The van der Waals surface area contributed by atoms with Gasteiger partial charge in [-0.2, -0.15) is 4.98 Å². The van der Waals surface area contributed by atoms with Crippen molar-refractivity contribution in [3.63, 3.8) is 0 Å². The smallest absolute Gasteiger partial charge is 0.248 e. The van der Waals surface area contributed by atoms with Crippen molar-refractivity contribution in [2.24, 2.45) is 5.73 Å². The van der Waals surface area contributed by atoms with Crippen molar-refractivity contribution in [2.75, 3.05) is 0 Å². The zero-order valence-electron chi connectivity index (χ0n) is 11.0. The highest BCUT2D eigenvalue weighted by atomic mass is 35.5. The molecule has 0 aliphatic carbocycles. The highest BCUT2D eigenvalue weighted by Crippen LogP contribution is 2.33. The molecule has 106 valence electrons. The third kappa shape index (κ3) is 2.81. The van der Waals surface area contributed by atoms with E-state index in [1.165, 1.54) is 11.3 Å². The molecule has 0 saturated carbocycles. The number of hydrogen-bond acceptors (Lipinski definition) is 5. The topological polar surface area (TPSA) is 78.1 Å². The maximum Gasteiger partial charge on any atom is 0.248 e. The maximum absolute atomic E-state index is 11.0. The van der Waals surface area contributed by atoms with Crippen LogP contribution in [0.15, 0.2) is 30.3 Å². The molecule has 0 atom stereocenters. The lowest BCUT2D eigenvalue weighted by atomic mass is 10.2. The number of primary amides is 1. The van der Waals surface area contributed by atoms with E-state index in [1.54, 1.807) is 24.3 Å². The SMILES string of the molecule is Cc1cc2c(Oc3ccc(C(N)=O)cc3)nc(Cl)nc2s1. The summed E-state index contributed by atoms with van der Waals surface area (Å²) in [5.41, 5.74) is 5.61. The Morgan fingerprint density at radius 1 is 1.29 bits per heavy atom. The van der Waals surface area contributed by atoms with Crippen LogP contribution in [0.2, 0.25) is 5.28 Å². The minimum atomic E-state index is -0.484. The van der Waals surface area contributed by atoms with Crippen molar-refractivity contribution in [3.8, 4) is 11.6 Å². The van der Waals surface area contributed by atoms with Crippen LogP contribution in [0.3, 0.4) is 0 Å². The van der Waals surface area contributed by atoms with Crippen LogP contribution in [0.5, 0.6) is 11.6 Å². The van der Waals surface area contributed by atoms with E-state index in [9.17, 15) is 4.79 Å². The van der Waals surface area contributed by atoms with Crippen molar-refractivity contribution < 1.29 is 9.53 Å². The third-order valence-corrected chi connectivity index (χ3v) is 3.92. The van der Waals surface area contributed by atoms with Crippen LogP contribution < -0.4 is 10.5 Å². The van der Waals surface area contributed by atoms with Gasteiger partial charge in [-0.25, -0.2) is 4.98 Å². The van der Waals surface area contributed by atoms with E-state index in [0.29, 0.717) is 17.2 Å². The molecule has 0 aliphatic heterocycles. The number of aryl methyl sites for hydroxylation is 1. The first kappa shape index (κ1) is 13.8. The molecule has 3 rings (SSSR count). The Labute approximate surface area is 129 Å². The summed E-state index contributed by atoms with van der Waals surface area (Å²) in [6.07, 6.45) is 0. The van der Waals surface area contributed by atoms with Gasteiger partial charge in [-0.1, -0.05) is 0 Å². The molecule has 2 aromatic heterocycles. The lowest BCUT2D eigenvalue weighted by Gasteiger charge is -2.06. The van der Waals surface area contributed by atoms with Crippen LogP contribution in [0.25, 0.3) is 10.2 Å². The van der Waals surface area contributed by atoms with Gasteiger partial charge in [-0.3, -0.25) is 4.79 Å². The van der Waals surface area contributed by atoms with Gasteiger partial charge in [0, 0.05) is 10.4 Å². The number of ether oxygens (including phenoxy) is 1. The number of thiophene rings is 1. The van der Waals surface area contributed by atoms with E-state index >= 15 is 0 Å². The number of halogens is 1. The van der Waals surface area contributed by atoms with Crippen LogP contribution in [-0.4, -0.2) is 15.9 Å². The Bertz CT molecular complexity index is 830. The molecule has 2 N–H and O–H groups in total. The molecule has 5 nitrogen and oxygen atoms in total. The molecule has 7 heteroatoms. The van der Waals surface area contributed by atoms with Gasteiger partial charge in [0.15, 0.2) is 0 Å². The number of fused-ring (bicyclic) bond motifs is 1. The second kappa shape index (κ2) is 5.31. The molecule has 0 saturated heterocycles. The Kier molecular flexibility index (Phi) is 3.48. The van der Waals surface area contributed by atoms with Crippen molar-refractivity contribution in [2.45, 2.75) is 6.92 Å². The number of aromatic nitrogens is 2. The lowest BCUT2D eigenvalue weighted by Crippen LogP contribution is -2.10. The molecule has 0 fully saturated rings. The van der Waals surface area contributed by atoms with Gasteiger partial charge in [0.1, 0.15) is 10.6 Å². The van der Waals surface area contributed by atoms with Gasteiger partial charge >= 0.3 is 0 Å². The summed E-state index contributed by atoms with van der Waals surface area (Å²) in [4.78, 5) is 21.2. The van der Waals surface area contributed by atoms with Crippen LogP contribution >= 0.6 is 22.9 Å².